The molecule has 2 aromatic carbocycles. The second-order valence-corrected chi connectivity index (χ2v) is 5.13. The van der Waals surface area contributed by atoms with Gasteiger partial charge in [-0.05, 0) is 42.8 Å². The van der Waals surface area contributed by atoms with E-state index in [-0.39, 0.29) is 12.4 Å². The van der Waals surface area contributed by atoms with E-state index in [9.17, 15) is 4.79 Å². The molecule has 0 bridgehead atoms. The summed E-state index contributed by atoms with van der Waals surface area (Å²) in [5.74, 6) is 1.97. The number of methoxy groups -OCH3 is 1. The van der Waals surface area contributed by atoms with E-state index in [4.69, 9.17) is 14.2 Å². The molecule has 4 nitrogen and oxygen atoms in total. The lowest BCUT2D eigenvalue weighted by Gasteiger charge is -2.18. The summed E-state index contributed by atoms with van der Waals surface area (Å²) < 4.78 is 16.5. The van der Waals surface area contributed by atoms with Crippen molar-refractivity contribution in [1.82, 2.24) is 0 Å². The summed E-state index contributed by atoms with van der Waals surface area (Å²) in [5.41, 5.74) is 2.09. The van der Waals surface area contributed by atoms with Crippen molar-refractivity contribution >= 4 is 11.9 Å². The summed E-state index contributed by atoms with van der Waals surface area (Å²) >= 11 is 0. The predicted molar refractivity (Wildman–Crippen MR) is 88.4 cm³/mol. The number of benzene rings is 2. The number of carbonyl (C=O) groups excluding carboxylic acids is 1. The Morgan fingerprint density at radius 2 is 2.00 bits per heavy atom. The number of carbonyl (C=O) groups is 1. The normalized spacial score (nSPS) is 15.0. The Hall–Kier alpha value is -2.75. The number of ether oxygens (including phenoxy) is 3. The van der Waals surface area contributed by atoms with Crippen LogP contribution < -0.4 is 14.2 Å². The molecule has 3 rings (SSSR count). The summed E-state index contributed by atoms with van der Waals surface area (Å²) in [5, 5.41) is 0. The average Bonchev–Trinajstić information content (AvgIpc) is 2.59. The lowest BCUT2D eigenvalue weighted by atomic mass is 9.98. The van der Waals surface area contributed by atoms with Crippen LogP contribution in [0.1, 0.15) is 22.8 Å². The SMILES string of the molecule is CCOc1ccc(C=C2COc3ccccc3C2=O)cc1OC. The zero-order valence-corrected chi connectivity index (χ0v) is 13.2. The molecule has 0 saturated heterocycles. The van der Waals surface area contributed by atoms with Gasteiger partial charge in [0.2, 0.25) is 0 Å². The summed E-state index contributed by atoms with van der Waals surface area (Å²) in [6.45, 7) is 2.76. The van der Waals surface area contributed by atoms with Gasteiger partial charge in [0.05, 0.1) is 19.3 Å². The standard InChI is InChI=1S/C19H18O4/c1-3-22-17-9-8-13(11-18(17)21-2)10-14-12-23-16-7-5-4-6-15(16)19(14)20/h4-11H,3,12H2,1-2H3. The maximum atomic E-state index is 12.5. The maximum Gasteiger partial charge on any atom is 0.196 e. The summed E-state index contributed by atoms with van der Waals surface area (Å²) in [6.07, 6.45) is 1.83. The van der Waals surface area contributed by atoms with Crippen molar-refractivity contribution in [2.45, 2.75) is 6.92 Å². The van der Waals surface area contributed by atoms with Crippen LogP contribution in [0.2, 0.25) is 0 Å². The highest BCUT2D eigenvalue weighted by atomic mass is 16.5. The fourth-order valence-electron chi connectivity index (χ4n) is 2.53. The Kier molecular flexibility index (Phi) is 4.33. The molecule has 0 N–H and O–H groups in total. The third-order valence-corrected chi connectivity index (χ3v) is 3.63. The molecule has 23 heavy (non-hydrogen) atoms. The van der Waals surface area contributed by atoms with Crippen molar-refractivity contribution in [2.24, 2.45) is 0 Å². The van der Waals surface area contributed by atoms with Gasteiger partial charge in [0.1, 0.15) is 12.4 Å². The molecule has 1 aliphatic rings. The van der Waals surface area contributed by atoms with Gasteiger partial charge in [0, 0.05) is 5.57 Å². The lowest BCUT2D eigenvalue weighted by molar-refractivity contribution is 0.100. The molecule has 1 aliphatic heterocycles. The number of hydrogen-bond donors (Lipinski definition) is 0. The summed E-state index contributed by atoms with van der Waals surface area (Å²) in [4.78, 5) is 12.5. The van der Waals surface area contributed by atoms with Crippen molar-refractivity contribution in [3.63, 3.8) is 0 Å². The average molecular weight is 310 g/mol. The van der Waals surface area contributed by atoms with Crippen molar-refractivity contribution in [2.75, 3.05) is 20.3 Å². The van der Waals surface area contributed by atoms with E-state index in [1.54, 1.807) is 13.2 Å². The van der Waals surface area contributed by atoms with Gasteiger partial charge in [0.15, 0.2) is 17.3 Å². The molecule has 0 aliphatic carbocycles. The van der Waals surface area contributed by atoms with Gasteiger partial charge in [-0.15, -0.1) is 0 Å². The number of para-hydroxylation sites is 1. The van der Waals surface area contributed by atoms with Gasteiger partial charge >= 0.3 is 0 Å². The highest BCUT2D eigenvalue weighted by Gasteiger charge is 2.22. The van der Waals surface area contributed by atoms with Crippen LogP contribution in [0.5, 0.6) is 17.2 Å². The third-order valence-electron chi connectivity index (χ3n) is 3.63. The lowest BCUT2D eigenvalue weighted by Crippen LogP contribution is -2.18. The molecule has 0 spiro atoms. The molecular weight excluding hydrogens is 292 g/mol. The second-order valence-electron chi connectivity index (χ2n) is 5.13. The number of hydrogen-bond acceptors (Lipinski definition) is 4. The molecule has 0 aromatic heterocycles. The fraction of sp³-hybridized carbons (Fsp3) is 0.211. The van der Waals surface area contributed by atoms with Crippen LogP contribution in [0, 0.1) is 0 Å². The Balaban J connectivity index is 1.92. The van der Waals surface area contributed by atoms with Crippen LogP contribution in [0.4, 0.5) is 0 Å². The first-order valence-electron chi connectivity index (χ1n) is 7.51. The highest BCUT2D eigenvalue weighted by molar-refractivity contribution is 6.14. The van der Waals surface area contributed by atoms with Crippen molar-refractivity contribution in [1.29, 1.82) is 0 Å². The first-order chi connectivity index (χ1) is 11.2. The molecule has 118 valence electrons. The van der Waals surface area contributed by atoms with E-state index >= 15 is 0 Å². The fourth-order valence-corrected chi connectivity index (χ4v) is 2.53. The van der Waals surface area contributed by atoms with Gasteiger partial charge in [-0.25, -0.2) is 0 Å². The van der Waals surface area contributed by atoms with Crippen LogP contribution in [-0.2, 0) is 0 Å². The summed E-state index contributed by atoms with van der Waals surface area (Å²) in [7, 11) is 1.60. The van der Waals surface area contributed by atoms with E-state index in [0.29, 0.717) is 35.0 Å². The molecule has 2 aromatic rings. The largest absolute Gasteiger partial charge is 0.493 e. The van der Waals surface area contributed by atoms with Crippen LogP contribution in [0.15, 0.2) is 48.0 Å². The monoisotopic (exact) mass is 310 g/mol. The van der Waals surface area contributed by atoms with Crippen LogP contribution in [0.3, 0.4) is 0 Å². The van der Waals surface area contributed by atoms with E-state index in [1.165, 1.54) is 0 Å². The Labute approximate surface area is 135 Å². The van der Waals surface area contributed by atoms with Gasteiger partial charge in [0.25, 0.3) is 0 Å². The maximum absolute atomic E-state index is 12.5. The van der Waals surface area contributed by atoms with E-state index < -0.39 is 0 Å². The zero-order chi connectivity index (χ0) is 16.2. The number of Topliss-reactive ketones (excluding diaryl/α,β-unsaturated/α-hetero) is 1. The van der Waals surface area contributed by atoms with Gasteiger partial charge in [-0.1, -0.05) is 18.2 Å². The van der Waals surface area contributed by atoms with Crippen molar-refractivity contribution in [3.05, 3.63) is 59.2 Å². The zero-order valence-electron chi connectivity index (χ0n) is 13.2. The third kappa shape index (κ3) is 3.06. The molecular formula is C19H18O4. The molecule has 1 heterocycles. The van der Waals surface area contributed by atoms with E-state index in [1.807, 2.05) is 49.4 Å². The topological polar surface area (TPSA) is 44.8 Å². The molecule has 0 fully saturated rings. The van der Waals surface area contributed by atoms with Crippen molar-refractivity contribution in [3.8, 4) is 17.2 Å². The molecule has 0 atom stereocenters. The minimum absolute atomic E-state index is 0.000276. The van der Waals surface area contributed by atoms with Gasteiger partial charge in [-0.2, -0.15) is 0 Å². The Bertz CT molecular complexity index is 762. The van der Waals surface area contributed by atoms with Crippen LogP contribution in [0.25, 0.3) is 6.08 Å². The number of fused-ring (bicyclic) bond motifs is 1. The quantitative estimate of drug-likeness (QED) is 0.807. The Morgan fingerprint density at radius 1 is 1.17 bits per heavy atom. The molecule has 0 unspecified atom stereocenters. The van der Waals surface area contributed by atoms with Crippen LogP contribution in [-0.4, -0.2) is 26.1 Å². The second kappa shape index (κ2) is 6.57. The van der Waals surface area contributed by atoms with E-state index in [2.05, 4.69) is 0 Å². The van der Waals surface area contributed by atoms with Gasteiger partial charge < -0.3 is 14.2 Å². The first kappa shape index (κ1) is 15.2. The molecule has 4 heteroatoms. The Morgan fingerprint density at radius 3 is 2.78 bits per heavy atom. The van der Waals surface area contributed by atoms with Crippen LogP contribution >= 0.6 is 0 Å². The number of rotatable bonds is 4. The molecule has 0 saturated carbocycles. The first-order valence-corrected chi connectivity index (χ1v) is 7.51. The van der Waals surface area contributed by atoms with Gasteiger partial charge in [-0.3, -0.25) is 4.79 Å². The predicted octanol–water partition coefficient (Wildman–Crippen LogP) is 3.75. The minimum atomic E-state index is -0.000276. The molecule has 0 amide bonds. The van der Waals surface area contributed by atoms with Crippen molar-refractivity contribution < 1.29 is 19.0 Å². The summed E-state index contributed by atoms with van der Waals surface area (Å²) in [6, 6.07) is 12.9. The minimum Gasteiger partial charge on any atom is -0.493 e. The highest BCUT2D eigenvalue weighted by Crippen LogP contribution is 2.31. The molecule has 0 radical (unpaired) electrons. The smallest absolute Gasteiger partial charge is 0.196 e. The number of ketones is 1. The van der Waals surface area contributed by atoms with E-state index in [0.717, 1.165) is 5.56 Å².